The van der Waals surface area contributed by atoms with Crippen LogP contribution in [0.5, 0.6) is 5.75 Å². The maximum absolute atomic E-state index is 13.2. The van der Waals surface area contributed by atoms with Crippen molar-refractivity contribution < 1.29 is 18.8 Å². The van der Waals surface area contributed by atoms with Crippen LogP contribution < -0.4 is 4.74 Å². The van der Waals surface area contributed by atoms with Crippen molar-refractivity contribution in [1.82, 2.24) is 19.9 Å². The molecule has 2 amide bonds. The van der Waals surface area contributed by atoms with Gasteiger partial charge in [-0.25, -0.2) is 0 Å². The van der Waals surface area contributed by atoms with Crippen molar-refractivity contribution in [2.75, 3.05) is 52.9 Å². The summed E-state index contributed by atoms with van der Waals surface area (Å²) in [5, 5.41) is 4.59. The zero-order valence-electron chi connectivity index (χ0n) is 20.0. The number of carbonyl (C=O) groups excluding carboxylic acids is 2. The van der Waals surface area contributed by atoms with Gasteiger partial charge in [-0.15, -0.1) is 0 Å². The molecule has 0 radical (unpaired) electrons. The molecule has 0 bridgehead atoms. The molecular formula is C25H33ClN4O4. The lowest BCUT2D eigenvalue weighted by Gasteiger charge is -2.42. The topological polar surface area (TPSA) is 79.1 Å². The lowest BCUT2D eigenvalue weighted by atomic mass is 9.75. The summed E-state index contributed by atoms with van der Waals surface area (Å²) in [4.78, 5) is 32.1. The van der Waals surface area contributed by atoms with E-state index in [0.29, 0.717) is 44.0 Å². The summed E-state index contributed by atoms with van der Waals surface area (Å²) in [5.74, 6) is 1.01. The van der Waals surface area contributed by atoms with Crippen LogP contribution in [0.25, 0.3) is 0 Å². The summed E-state index contributed by atoms with van der Waals surface area (Å²) < 4.78 is 11.4. The van der Waals surface area contributed by atoms with Gasteiger partial charge < -0.3 is 24.0 Å². The van der Waals surface area contributed by atoms with Gasteiger partial charge in [0, 0.05) is 62.2 Å². The summed E-state index contributed by atoms with van der Waals surface area (Å²) in [6, 6.07) is 8.98. The smallest absolute Gasteiger partial charge is 0.292 e. The minimum absolute atomic E-state index is 0.148. The quantitative estimate of drug-likeness (QED) is 0.594. The van der Waals surface area contributed by atoms with Gasteiger partial charge in [-0.2, -0.15) is 0 Å². The average molecular weight is 489 g/mol. The van der Waals surface area contributed by atoms with E-state index < -0.39 is 0 Å². The Bertz CT molecular complexity index is 977. The number of halogens is 1. The highest BCUT2D eigenvalue weighted by Gasteiger charge is 2.40. The molecule has 2 aliphatic heterocycles. The zero-order valence-corrected chi connectivity index (χ0v) is 20.7. The minimum atomic E-state index is -0.340. The van der Waals surface area contributed by atoms with Crippen molar-refractivity contribution in [2.24, 2.45) is 5.41 Å². The first-order valence-corrected chi connectivity index (χ1v) is 12.3. The molecule has 2 saturated heterocycles. The first kappa shape index (κ1) is 24.5. The van der Waals surface area contributed by atoms with Gasteiger partial charge in [0.15, 0.2) is 0 Å². The highest BCUT2D eigenvalue weighted by atomic mass is 35.5. The maximum Gasteiger partial charge on any atom is 0.292 e. The molecule has 4 rings (SSSR count). The highest BCUT2D eigenvalue weighted by molar-refractivity contribution is 6.30. The van der Waals surface area contributed by atoms with Gasteiger partial charge in [0.2, 0.25) is 11.7 Å². The van der Waals surface area contributed by atoms with Crippen molar-refractivity contribution in [3.8, 4) is 5.75 Å². The highest BCUT2D eigenvalue weighted by Crippen LogP contribution is 2.37. The molecule has 0 spiro atoms. The molecule has 0 atom stereocenters. The second-order valence-electron chi connectivity index (χ2n) is 9.43. The minimum Gasteiger partial charge on any atom is -0.493 e. The van der Waals surface area contributed by atoms with Gasteiger partial charge >= 0.3 is 0 Å². The van der Waals surface area contributed by atoms with E-state index >= 15 is 0 Å². The number of aromatic nitrogens is 1. The lowest BCUT2D eigenvalue weighted by molar-refractivity contribution is -0.136. The third-order valence-electron chi connectivity index (χ3n) is 6.98. The average Bonchev–Trinajstić information content (AvgIpc) is 3.34. The van der Waals surface area contributed by atoms with Crippen LogP contribution in [0, 0.1) is 5.41 Å². The Balaban J connectivity index is 1.43. The predicted octanol–water partition coefficient (Wildman–Crippen LogP) is 3.36. The normalized spacial score (nSPS) is 18.7. The second-order valence-corrected chi connectivity index (χ2v) is 9.87. The monoisotopic (exact) mass is 488 g/mol. The molecule has 2 fully saturated rings. The third kappa shape index (κ3) is 5.91. The summed E-state index contributed by atoms with van der Waals surface area (Å²) >= 11 is 6.00. The van der Waals surface area contributed by atoms with Crippen LogP contribution >= 0.6 is 11.6 Å². The van der Waals surface area contributed by atoms with Crippen LogP contribution in [0.2, 0.25) is 5.02 Å². The molecular weight excluding hydrogens is 456 g/mol. The summed E-state index contributed by atoms with van der Waals surface area (Å²) in [6.07, 6.45) is 2.49. The second kappa shape index (κ2) is 10.8. The Labute approximate surface area is 205 Å². The Morgan fingerprint density at radius 2 is 1.74 bits per heavy atom. The van der Waals surface area contributed by atoms with Crippen LogP contribution in [0.1, 0.15) is 42.4 Å². The maximum atomic E-state index is 13.2. The first-order valence-electron chi connectivity index (χ1n) is 12.0. The number of piperidine rings is 1. The van der Waals surface area contributed by atoms with E-state index in [-0.39, 0.29) is 23.0 Å². The van der Waals surface area contributed by atoms with Crippen LogP contribution in [0.4, 0.5) is 0 Å². The SMILES string of the molecule is CCc1cc(C(=O)N2CCC(COc3ccc(Cl)cc3)(CC(=O)N3CCN(C)CC3)CC2)on1. The molecule has 3 heterocycles. The molecule has 2 aliphatic rings. The molecule has 0 N–H and O–H groups in total. The van der Waals surface area contributed by atoms with E-state index in [1.54, 1.807) is 23.1 Å². The molecule has 1 aromatic heterocycles. The summed E-state index contributed by atoms with van der Waals surface area (Å²) in [6.45, 7) is 6.75. The Kier molecular flexibility index (Phi) is 7.78. The fraction of sp³-hybridized carbons (Fsp3) is 0.560. The third-order valence-corrected chi connectivity index (χ3v) is 7.24. The number of benzene rings is 1. The van der Waals surface area contributed by atoms with Crippen LogP contribution in [-0.4, -0.2) is 84.6 Å². The van der Waals surface area contributed by atoms with E-state index in [1.165, 1.54) is 0 Å². The number of aryl methyl sites for hydroxylation is 1. The number of hydrogen-bond donors (Lipinski definition) is 0. The Hall–Kier alpha value is -2.58. The van der Waals surface area contributed by atoms with E-state index in [1.807, 2.05) is 24.0 Å². The van der Waals surface area contributed by atoms with Crippen molar-refractivity contribution in [2.45, 2.75) is 32.6 Å². The standard InChI is InChI=1S/C25H33ClN4O4/c1-3-20-16-22(34-27-20)24(32)30-10-8-25(9-11-30,18-33-21-6-4-19(26)5-7-21)17-23(31)29-14-12-28(2)13-15-29/h4-7,16H,3,8-15,17-18H2,1-2H3. The van der Waals surface area contributed by atoms with Gasteiger partial charge in [-0.3, -0.25) is 9.59 Å². The van der Waals surface area contributed by atoms with Crippen molar-refractivity contribution in [1.29, 1.82) is 0 Å². The molecule has 0 aliphatic carbocycles. The first-order chi connectivity index (χ1) is 16.4. The number of hydrogen-bond acceptors (Lipinski definition) is 6. The Morgan fingerprint density at radius 1 is 1.06 bits per heavy atom. The van der Waals surface area contributed by atoms with Gasteiger partial charge in [-0.05, 0) is 50.6 Å². The number of piperazine rings is 1. The van der Waals surface area contributed by atoms with Crippen molar-refractivity contribution in [3.05, 3.63) is 46.8 Å². The lowest BCUT2D eigenvalue weighted by Crippen LogP contribution is -2.51. The van der Waals surface area contributed by atoms with Crippen molar-refractivity contribution >= 4 is 23.4 Å². The van der Waals surface area contributed by atoms with Gasteiger partial charge in [-0.1, -0.05) is 23.7 Å². The number of amides is 2. The molecule has 8 nitrogen and oxygen atoms in total. The van der Waals surface area contributed by atoms with E-state index in [0.717, 1.165) is 44.0 Å². The Morgan fingerprint density at radius 3 is 2.35 bits per heavy atom. The van der Waals surface area contributed by atoms with Crippen LogP contribution in [-0.2, 0) is 11.2 Å². The summed E-state index contributed by atoms with van der Waals surface area (Å²) in [5.41, 5.74) is 0.427. The number of rotatable bonds is 7. The fourth-order valence-corrected chi connectivity index (χ4v) is 4.67. The number of ether oxygens (including phenoxy) is 1. The predicted molar refractivity (Wildman–Crippen MR) is 129 cm³/mol. The molecule has 0 unspecified atom stereocenters. The van der Waals surface area contributed by atoms with Gasteiger partial charge in [0.1, 0.15) is 5.75 Å². The molecule has 0 saturated carbocycles. The fourth-order valence-electron chi connectivity index (χ4n) is 4.55. The molecule has 34 heavy (non-hydrogen) atoms. The molecule has 184 valence electrons. The number of likely N-dealkylation sites (N-methyl/N-ethyl adjacent to an activating group) is 1. The van der Waals surface area contributed by atoms with Gasteiger partial charge in [0.25, 0.3) is 5.91 Å². The summed E-state index contributed by atoms with van der Waals surface area (Å²) in [7, 11) is 2.08. The van der Waals surface area contributed by atoms with Crippen LogP contribution in [0.3, 0.4) is 0 Å². The number of nitrogens with zero attached hydrogens (tertiary/aromatic N) is 4. The van der Waals surface area contributed by atoms with E-state index in [4.69, 9.17) is 20.9 Å². The number of carbonyl (C=O) groups is 2. The van der Waals surface area contributed by atoms with Crippen LogP contribution in [0.15, 0.2) is 34.9 Å². The largest absolute Gasteiger partial charge is 0.493 e. The van der Waals surface area contributed by atoms with E-state index in [9.17, 15) is 9.59 Å². The zero-order chi connectivity index (χ0) is 24.1. The van der Waals surface area contributed by atoms with Crippen molar-refractivity contribution in [3.63, 3.8) is 0 Å². The number of likely N-dealkylation sites (tertiary alicyclic amines) is 1. The molecule has 1 aromatic carbocycles. The van der Waals surface area contributed by atoms with E-state index in [2.05, 4.69) is 17.1 Å². The molecule has 2 aromatic rings. The molecule has 9 heteroatoms. The van der Waals surface area contributed by atoms with Gasteiger partial charge in [0.05, 0.1) is 12.3 Å².